The van der Waals surface area contributed by atoms with E-state index in [1.165, 1.54) is 36.8 Å². The van der Waals surface area contributed by atoms with E-state index in [4.69, 9.17) is 0 Å². The lowest BCUT2D eigenvalue weighted by Gasteiger charge is -2.35. The number of urea groups is 1. The molecule has 0 radical (unpaired) electrons. The molecule has 1 aliphatic carbocycles. The molecule has 4 nitrogen and oxygen atoms in total. The summed E-state index contributed by atoms with van der Waals surface area (Å²) in [5, 5.41) is 3.17. The fraction of sp³-hybridized carbons (Fsp3) is 0.632. The number of piperazine rings is 1. The third-order valence-corrected chi connectivity index (χ3v) is 5.12. The molecule has 0 saturated carbocycles. The van der Waals surface area contributed by atoms with Gasteiger partial charge in [0.05, 0.1) is 0 Å². The molecule has 2 amide bonds. The van der Waals surface area contributed by atoms with Crippen LogP contribution in [0.1, 0.15) is 43.7 Å². The number of hydrogen-bond donors (Lipinski definition) is 1. The third-order valence-electron chi connectivity index (χ3n) is 5.12. The molecule has 1 aromatic carbocycles. The van der Waals surface area contributed by atoms with Crippen LogP contribution in [0.5, 0.6) is 0 Å². The highest BCUT2D eigenvalue weighted by molar-refractivity contribution is 5.90. The third kappa shape index (κ3) is 4.05. The smallest absolute Gasteiger partial charge is 0.321 e. The Bertz CT molecular complexity index is 535. The highest BCUT2D eigenvalue weighted by Gasteiger charge is 2.22. The molecule has 1 aromatic rings. The zero-order chi connectivity index (χ0) is 16.1. The first-order chi connectivity index (χ1) is 11.3. The molecule has 0 atom stereocenters. The molecule has 23 heavy (non-hydrogen) atoms. The van der Waals surface area contributed by atoms with Gasteiger partial charge in [-0.3, -0.25) is 4.90 Å². The van der Waals surface area contributed by atoms with Crippen LogP contribution in [0.15, 0.2) is 18.2 Å². The largest absolute Gasteiger partial charge is 0.322 e. The van der Waals surface area contributed by atoms with E-state index in [1.807, 2.05) is 4.90 Å². The van der Waals surface area contributed by atoms with Gasteiger partial charge in [0.2, 0.25) is 0 Å². The van der Waals surface area contributed by atoms with E-state index in [2.05, 4.69) is 35.3 Å². The van der Waals surface area contributed by atoms with Gasteiger partial charge in [0, 0.05) is 31.9 Å². The first kappa shape index (κ1) is 16.3. The maximum atomic E-state index is 12.6. The maximum Gasteiger partial charge on any atom is 0.321 e. The number of fused-ring (bicyclic) bond motifs is 1. The molecule has 4 heteroatoms. The fourth-order valence-electron chi connectivity index (χ4n) is 3.65. The summed E-state index contributed by atoms with van der Waals surface area (Å²) < 4.78 is 0. The number of nitrogens with zero attached hydrogens (tertiary/aromatic N) is 2. The number of rotatable bonds is 4. The van der Waals surface area contributed by atoms with Gasteiger partial charge in [0.25, 0.3) is 0 Å². The molecule has 1 saturated heterocycles. The lowest BCUT2D eigenvalue weighted by Crippen LogP contribution is -2.50. The molecule has 3 rings (SSSR count). The summed E-state index contributed by atoms with van der Waals surface area (Å²) in [7, 11) is 0. The second-order valence-corrected chi connectivity index (χ2v) is 6.76. The fourth-order valence-corrected chi connectivity index (χ4v) is 3.65. The number of amides is 2. The van der Waals surface area contributed by atoms with Crippen molar-refractivity contribution in [3.8, 4) is 0 Å². The Morgan fingerprint density at radius 2 is 1.91 bits per heavy atom. The van der Waals surface area contributed by atoms with Gasteiger partial charge >= 0.3 is 6.03 Å². The Hall–Kier alpha value is -1.55. The Balaban J connectivity index is 1.56. The van der Waals surface area contributed by atoms with Crippen LogP contribution in [0.2, 0.25) is 0 Å². The van der Waals surface area contributed by atoms with Crippen molar-refractivity contribution in [3.05, 3.63) is 29.3 Å². The zero-order valence-electron chi connectivity index (χ0n) is 14.3. The molecule has 2 aliphatic rings. The van der Waals surface area contributed by atoms with E-state index in [0.717, 1.165) is 51.3 Å². The topological polar surface area (TPSA) is 35.6 Å². The monoisotopic (exact) mass is 315 g/mol. The first-order valence-electron chi connectivity index (χ1n) is 9.17. The Morgan fingerprint density at radius 1 is 1.13 bits per heavy atom. The lowest BCUT2D eigenvalue weighted by atomic mass is 9.90. The number of carbonyl (C=O) groups excluding carboxylic acids is 1. The Morgan fingerprint density at radius 3 is 2.70 bits per heavy atom. The minimum Gasteiger partial charge on any atom is -0.322 e. The van der Waals surface area contributed by atoms with Gasteiger partial charge in [0.1, 0.15) is 0 Å². The number of benzene rings is 1. The van der Waals surface area contributed by atoms with Crippen molar-refractivity contribution in [2.45, 2.75) is 45.4 Å². The van der Waals surface area contributed by atoms with Crippen molar-refractivity contribution >= 4 is 11.7 Å². The number of nitrogens with one attached hydrogen (secondary N) is 1. The average molecular weight is 315 g/mol. The van der Waals surface area contributed by atoms with Crippen molar-refractivity contribution in [2.75, 3.05) is 38.0 Å². The Labute approximate surface area is 139 Å². The second-order valence-electron chi connectivity index (χ2n) is 6.76. The molecule has 0 aromatic heterocycles. The number of aryl methyl sites for hydroxylation is 1. The maximum absolute atomic E-state index is 12.6. The molecule has 0 bridgehead atoms. The quantitative estimate of drug-likeness (QED) is 0.923. The van der Waals surface area contributed by atoms with Crippen molar-refractivity contribution in [3.63, 3.8) is 0 Å². The zero-order valence-corrected chi connectivity index (χ0v) is 14.3. The standard InChI is InChI=1S/C19H29N3O/c1-2-3-11-21-12-14-22(15-13-21)19(23)20-18-10-6-8-16-7-4-5-9-17(16)18/h6,8,10H,2-5,7,9,11-15H2,1H3,(H,20,23). The predicted molar refractivity (Wildman–Crippen MR) is 95.0 cm³/mol. The van der Waals surface area contributed by atoms with Crippen LogP contribution < -0.4 is 5.32 Å². The molecule has 1 fully saturated rings. The van der Waals surface area contributed by atoms with Crippen molar-refractivity contribution in [1.82, 2.24) is 9.80 Å². The van der Waals surface area contributed by atoms with Crippen molar-refractivity contribution in [2.24, 2.45) is 0 Å². The Kier molecular flexibility index (Phi) is 5.55. The van der Waals surface area contributed by atoms with E-state index in [0.29, 0.717) is 0 Å². The summed E-state index contributed by atoms with van der Waals surface area (Å²) in [4.78, 5) is 17.0. The minimum atomic E-state index is 0.0686. The van der Waals surface area contributed by atoms with Crippen molar-refractivity contribution < 1.29 is 4.79 Å². The molecule has 1 heterocycles. The number of unbranched alkanes of at least 4 members (excludes halogenated alkanes) is 1. The van der Waals surface area contributed by atoms with Gasteiger partial charge < -0.3 is 10.2 Å². The molecule has 1 aliphatic heterocycles. The lowest BCUT2D eigenvalue weighted by molar-refractivity contribution is 0.146. The molecule has 126 valence electrons. The van der Waals surface area contributed by atoms with Crippen LogP contribution in [-0.4, -0.2) is 48.6 Å². The molecule has 0 spiro atoms. The minimum absolute atomic E-state index is 0.0686. The van der Waals surface area contributed by atoms with Gasteiger partial charge in [0.15, 0.2) is 0 Å². The van der Waals surface area contributed by atoms with Crippen LogP contribution in [0.4, 0.5) is 10.5 Å². The second kappa shape index (κ2) is 7.82. The summed E-state index contributed by atoms with van der Waals surface area (Å²) in [6.07, 6.45) is 7.23. The number of carbonyl (C=O) groups is 1. The number of anilines is 1. The van der Waals surface area contributed by atoms with Crippen LogP contribution in [-0.2, 0) is 12.8 Å². The van der Waals surface area contributed by atoms with Gasteiger partial charge in [-0.2, -0.15) is 0 Å². The van der Waals surface area contributed by atoms with E-state index in [-0.39, 0.29) is 6.03 Å². The SMILES string of the molecule is CCCCN1CCN(C(=O)Nc2cccc3c2CCCC3)CC1. The van der Waals surface area contributed by atoms with E-state index >= 15 is 0 Å². The van der Waals surface area contributed by atoms with Gasteiger partial charge in [-0.05, 0) is 55.8 Å². The van der Waals surface area contributed by atoms with E-state index < -0.39 is 0 Å². The predicted octanol–water partition coefficient (Wildman–Crippen LogP) is 3.52. The van der Waals surface area contributed by atoms with E-state index in [9.17, 15) is 4.79 Å². The summed E-state index contributed by atoms with van der Waals surface area (Å²) in [6.45, 7) is 7.07. The highest BCUT2D eigenvalue weighted by Crippen LogP contribution is 2.28. The average Bonchev–Trinajstić information content (AvgIpc) is 2.60. The summed E-state index contributed by atoms with van der Waals surface area (Å²) in [6, 6.07) is 6.40. The van der Waals surface area contributed by atoms with Gasteiger partial charge in [-0.15, -0.1) is 0 Å². The van der Waals surface area contributed by atoms with Gasteiger partial charge in [-0.1, -0.05) is 25.5 Å². The summed E-state index contributed by atoms with van der Waals surface area (Å²) >= 11 is 0. The van der Waals surface area contributed by atoms with Gasteiger partial charge in [-0.25, -0.2) is 4.79 Å². The number of hydrogen-bond acceptors (Lipinski definition) is 2. The first-order valence-corrected chi connectivity index (χ1v) is 9.17. The van der Waals surface area contributed by atoms with Crippen LogP contribution >= 0.6 is 0 Å². The van der Waals surface area contributed by atoms with Crippen LogP contribution in [0.3, 0.4) is 0 Å². The molecular weight excluding hydrogens is 286 g/mol. The molecule has 0 unspecified atom stereocenters. The molecule has 1 N–H and O–H groups in total. The van der Waals surface area contributed by atoms with Crippen molar-refractivity contribution in [1.29, 1.82) is 0 Å². The van der Waals surface area contributed by atoms with Crippen LogP contribution in [0, 0.1) is 0 Å². The van der Waals surface area contributed by atoms with E-state index in [1.54, 1.807) is 0 Å². The summed E-state index contributed by atoms with van der Waals surface area (Å²) in [5.74, 6) is 0. The normalized spacial score (nSPS) is 18.6. The summed E-state index contributed by atoms with van der Waals surface area (Å²) in [5.41, 5.74) is 3.80. The highest BCUT2D eigenvalue weighted by atomic mass is 16.2. The van der Waals surface area contributed by atoms with Crippen LogP contribution in [0.25, 0.3) is 0 Å². The molecular formula is C19H29N3O.